The van der Waals surface area contributed by atoms with Gasteiger partial charge in [-0.25, -0.2) is 0 Å². The van der Waals surface area contributed by atoms with E-state index in [4.69, 9.17) is 16.3 Å². The van der Waals surface area contributed by atoms with E-state index in [1.807, 2.05) is 18.2 Å². The van der Waals surface area contributed by atoms with Gasteiger partial charge in [0.25, 0.3) is 0 Å². The van der Waals surface area contributed by atoms with Gasteiger partial charge in [0, 0.05) is 24.5 Å². The quantitative estimate of drug-likeness (QED) is 0.674. The number of hydrogen-bond donors (Lipinski definition) is 0. The van der Waals surface area contributed by atoms with E-state index in [9.17, 15) is 4.79 Å². The molecule has 0 saturated carbocycles. The first-order valence-electron chi connectivity index (χ1n) is 10.5. The minimum Gasteiger partial charge on any atom is -0.379 e. The fourth-order valence-corrected chi connectivity index (χ4v) is 4.67. The minimum absolute atomic E-state index is 0.346. The van der Waals surface area contributed by atoms with Gasteiger partial charge in [0.05, 0.1) is 18.6 Å². The van der Waals surface area contributed by atoms with Crippen LogP contribution >= 0.6 is 11.6 Å². The van der Waals surface area contributed by atoms with E-state index in [2.05, 4.69) is 22.8 Å². The summed E-state index contributed by atoms with van der Waals surface area (Å²) in [5, 5.41) is 0.726. The zero-order valence-electron chi connectivity index (χ0n) is 16.6. The Labute approximate surface area is 168 Å². The van der Waals surface area contributed by atoms with Crippen LogP contribution in [0, 0.1) is 0 Å². The molecule has 27 heavy (non-hydrogen) atoms. The van der Waals surface area contributed by atoms with Gasteiger partial charge in [-0.05, 0) is 69.6 Å². The smallest absolute Gasteiger partial charge is 0.143 e. The standard InChI is InChI=1S/C22H33ClN2O2/c1-2-5-21(26)22(19-6-3-7-20(23)18-19)8-12-24(13-9-22)10-4-11-25-14-16-27-17-15-25/h3,6-7,18H,2,4-5,8-17H2,1H3. The first-order valence-corrected chi connectivity index (χ1v) is 10.8. The number of carbonyl (C=O) groups is 1. The number of ether oxygens (including phenoxy) is 1. The fourth-order valence-electron chi connectivity index (χ4n) is 4.48. The van der Waals surface area contributed by atoms with Gasteiger partial charge < -0.3 is 9.64 Å². The van der Waals surface area contributed by atoms with E-state index in [1.165, 1.54) is 6.42 Å². The summed E-state index contributed by atoms with van der Waals surface area (Å²) in [6.07, 6.45) is 4.56. The third-order valence-corrected chi connectivity index (χ3v) is 6.39. The Morgan fingerprint density at radius 3 is 2.41 bits per heavy atom. The molecule has 0 amide bonds. The number of morpholine rings is 1. The summed E-state index contributed by atoms with van der Waals surface area (Å²) in [6.45, 7) is 10.2. The first kappa shape index (κ1) is 20.8. The summed E-state index contributed by atoms with van der Waals surface area (Å²) in [5.74, 6) is 0.389. The second-order valence-corrected chi connectivity index (χ2v) is 8.35. The maximum absolute atomic E-state index is 13.1. The van der Waals surface area contributed by atoms with Crippen LogP contribution in [0.1, 0.15) is 44.6 Å². The summed E-state index contributed by atoms with van der Waals surface area (Å²) >= 11 is 6.24. The van der Waals surface area contributed by atoms with Crippen molar-refractivity contribution < 1.29 is 9.53 Å². The second-order valence-electron chi connectivity index (χ2n) is 7.91. The minimum atomic E-state index is -0.346. The van der Waals surface area contributed by atoms with Crippen molar-refractivity contribution in [3.05, 3.63) is 34.9 Å². The molecule has 0 aromatic heterocycles. The third-order valence-electron chi connectivity index (χ3n) is 6.15. The number of piperidine rings is 1. The number of rotatable bonds is 8. The molecular weight excluding hydrogens is 360 g/mol. The van der Waals surface area contributed by atoms with Crippen LogP contribution in [0.5, 0.6) is 0 Å². The van der Waals surface area contributed by atoms with Crippen molar-refractivity contribution in [2.24, 2.45) is 0 Å². The predicted octanol–water partition coefficient (Wildman–Crippen LogP) is 3.77. The number of Topliss-reactive ketones (excluding diaryl/α,β-unsaturated/α-hetero) is 1. The number of ketones is 1. The molecule has 2 fully saturated rings. The first-order chi connectivity index (χ1) is 13.1. The lowest BCUT2D eigenvalue weighted by atomic mass is 9.68. The van der Waals surface area contributed by atoms with Crippen molar-refractivity contribution in [3.63, 3.8) is 0 Å². The maximum Gasteiger partial charge on any atom is 0.143 e. The number of carbonyl (C=O) groups excluding carboxylic acids is 1. The van der Waals surface area contributed by atoms with Crippen molar-refractivity contribution in [2.75, 3.05) is 52.5 Å². The molecule has 0 N–H and O–H groups in total. The molecule has 2 heterocycles. The number of hydrogen-bond acceptors (Lipinski definition) is 4. The molecule has 0 radical (unpaired) electrons. The molecule has 2 aliphatic heterocycles. The fraction of sp³-hybridized carbons (Fsp3) is 0.682. The van der Waals surface area contributed by atoms with Gasteiger partial charge in [0.2, 0.25) is 0 Å². The van der Waals surface area contributed by atoms with Gasteiger partial charge in [-0.1, -0.05) is 30.7 Å². The maximum atomic E-state index is 13.1. The number of benzene rings is 1. The van der Waals surface area contributed by atoms with Gasteiger partial charge >= 0.3 is 0 Å². The van der Waals surface area contributed by atoms with Crippen LogP contribution in [0.3, 0.4) is 0 Å². The lowest BCUT2D eigenvalue weighted by molar-refractivity contribution is -0.126. The zero-order chi connectivity index (χ0) is 19.1. The Kier molecular flexibility index (Phi) is 7.71. The van der Waals surface area contributed by atoms with Crippen LogP contribution in [0.2, 0.25) is 5.02 Å². The highest BCUT2D eigenvalue weighted by Gasteiger charge is 2.41. The molecule has 0 atom stereocenters. The molecule has 0 bridgehead atoms. The van der Waals surface area contributed by atoms with Crippen molar-refractivity contribution in [1.29, 1.82) is 0 Å². The van der Waals surface area contributed by atoms with Crippen molar-refractivity contribution in [1.82, 2.24) is 9.80 Å². The average Bonchev–Trinajstić information content (AvgIpc) is 2.69. The van der Waals surface area contributed by atoms with Gasteiger partial charge in [-0.2, -0.15) is 0 Å². The number of halogens is 1. The summed E-state index contributed by atoms with van der Waals surface area (Å²) in [4.78, 5) is 18.1. The van der Waals surface area contributed by atoms with Crippen LogP contribution in [0.4, 0.5) is 0 Å². The Bertz CT molecular complexity index is 608. The summed E-state index contributed by atoms with van der Waals surface area (Å²) < 4.78 is 5.42. The van der Waals surface area contributed by atoms with E-state index in [0.29, 0.717) is 12.2 Å². The van der Waals surface area contributed by atoms with Crippen LogP contribution in [0.25, 0.3) is 0 Å². The zero-order valence-corrected chi connectivity index (χ0v) is 17.3. The Morgan fingerprint density at radius 2 is 1.78 bits per heavy atom. The number of nitrogens with zero attached hydrogens (tertiary/aromatic N) is 2. The van der Waals surface area contributed by atoms with E-state index in [-0.39, 0.29) is 5.41 Å². The molecule has 1 aromatic carbocycles. The molecule has 1 aromatic rings. The largest absolute Gasteiger partial charge is 0.379 e. The molecule has 5 heteroatoms. The molecular formula is C22H33ClN2O2. The number of likely N-dealkylation sites (tertiary alicyclic amines) is 1. The monoisotopic (exact) mass is 392 g/mol. The van der Waals surface area contributed by atoms with Crippen LogP contribution in [0.15, 0.2) is 24.3 Å². The van der Waals surface area contributed by atoms with Crippen molar-refractivity contribution in [3.8, 4) is 0 Å². The van der Waals surface area contributed by atoms with Gasteiger partial charge in [0.15, 0.2) is 0 Å². The summed E-state index contributed by atoms with van der Waals surface area (Å²) in [7, 11) is 0. The lowest BCUT2D eigenvalue weighted by Crippen LogP contribution is -2.48. The van der Waals surface area contributed by atoms with E-state index >= 15 is 0 Å². The SMILES string of the molecule is CCCC(=O)C1(c2cccc(Cl)c2)CCN(CCCN2CCOCC2)CC1. The highest BCUT2D eigenvalue weighted by atomic mass is 35.5. The molecule has 150 valence electrons. The van der Waals surface area contributed by atoms with E-state index < -0.39 is 0 Å². The molecule has 2 saturated heterocycles. The van der Waals surface area contributed by atoms with Crippen LogP contribution < -0.4 is 0 Å². The Morgan fingerprint density at radius 1 is 1.11 bits per heavy atom. The summed E-state index contributed by atoms with van der Waals surface area (Å²) in [6, 6.07) is 7.97. The molecule has 2 aliphatic rings. The molecule has 4 nitrogen and oxygen atoms in total. The second kappa shape index (κ2) is 10.0. The summed E-state index contributed by atoms with van der Waals surface area (Å²) in [5.41, 5.74) is 0.767. The molecule has 3 rings (SSSR count). The highest BCUT2D eigenvalue weighted by Crippen LogP contribution is 2.38. The Balaban J connectivity index is 1.57. The normalized spacial score (nSPS) is 21.3. The van der Waals surface area contributed by atoms with Gasteiger partial charge in [0.1, 0.15) is 5.78 Å². The van der Waals surface area contributed by atoms with Crippen molar-refractivity contribution in [2.45, 2.75) is 44.4 Å². The molecule has 0 aliphatic carbocycles. The van der Waals surface area contributed by atoms with Crippen molar-refractivity contribution >= 4 is 17.4 Å². The molecule has 0 spiro atoms. The average molecular weight is 393 g/mol. The van der Waals surface area contributed by atoms with Gasteiger partial charge in [-0.15, -0.1) is 0 Å². The van der Waals surface area contributed by atoms with Gasteiger partial charge in [-0.3, -0.25) is 9.69 Å². The molecule has 0 unspecified atom stereocenters. The highest BCUT2D eigenvalue weighted by molar-refractivity contribution is 6.30. The van der Waals surface area contributed by atoms with Crippen LogP contribution in [-0.4, -0.2) is 68.1 Å². The Hall–Kier alpha value is -0.940. The van der Waals surface area contributed by atoms with E-state index in [0.717, 1.165) is 82.3 Å². The van der Waals surface area contributed by atoms with E-state index in [1.54, 1.807) is 0 Å². The van der Waals surface area contributed by atoms with Crippen LogP contribution in [-0.2, 0) is 14.9 Å². The topological polar surface area (TPSA) is 32.8 Å². The lowest BCUT2D eigenvalue weighted by Gasteiger charge is -2.41. The third kappa shape index (κ3) is 5.32. The predicted molar refractivity (Wildman–Crippen MR) is 111 cm³/mol.